The molecule has 4 nitrogen and oxygen atoms in total. The highest BCUT2D eigenvalue weighted by molar-refractivity contribution is 5.84. The highest BCUT2D eigenvalue weighted by Crippen LogP contribution is 2.26. The second kappa shape index (κ2) is 18.7. The van der Waals surface area contributed by atoms with Gasteiger partial charge >= 0.3 is 0 Å². The van der Waals surface area contributed by atoms with E-state index in [4.69, 9.17) is 9.98 Å². The number of benzene rings is 2. The Balaban J connectivity index is 1.50. The minimum absolute atomic E-state index is 0.0985. The van der Waals surface area contributed by atoms with Crippen molar-refractivity contribution in [1.82, 2.24) is 0 Å². The van der Waals surface area contributed by atoms with Gasteiger partial charge in [-0.25, -0.2) is 0 Å². The van der Waals surface area contributed by atoms with Crippen molar-refractivity contribution in [3.8, 4) is 11.5 Å². The third kappa shape index (κ3) is 11.5. The highest BCUT2D eigenvalue weighted by atomic mass is 16.3. The van der Waals surface area contributed by atoms with E-state index in [2.05, 4.69) is 26.0 Å². The fourth-order valence-electron chi connectivity index (χ4n) is 5.72. The molecule has 2 aromatic rings. The molecule has 220 valence electrons. The number of aromatic hydroxyl groups is 2. The molecular formula is C36H54N2O2. The predicted octanol–water partition coefficient (Wildman–Crippen LogP) is 9.75. The van der Waals surface area contributed by atoms with Crippen LogP contribution in [0.4, 0.5) is 0 Å². The van der Waals surface area contributed by atoms with Gasteiger partial charge in [0.1, 0.15) is 11.5 Å². The van der Waals surface area contributed by atoms with Crippen LogP contribution in [0.5, 0.6) is 11.5 Å². The maximum Gasteiger partial charge on any atom is 0.124 e. The lowest BCUT2D eigenvalue weighted by molar-refractivity contribution is 0.390. The minimum atomic E-state index is 0.0985. The van der Waals surface area contributed by atoms with Gasteiger partial charge in [0, 0.05) is 23.6 Å². The molecule has 0 aromatic heterocycles. The van der Waals surface area contributed by atoms with Crippen molar-refractivity contribution in [3.05, 3.63) is 58.7 Å². The molecule has 2 atom stereocenters. The van der Waals surface area contributed by atoms with Gasteiger partial charge in [-0.2, -0.15) is 0 Å². The van der Waals surface area contributed by atoms with E-state index < -0.39 is 0 Å². The van der Waals surface area contributed by atoms with E-state index in [1.54, 1.807) is 0 Å². The first-order chi connectivity index (χ1) is 19.6. The Morgan fingerprint density at radius 1 is 0.600 bits per heavy atom. The lowest BCUT2D eigenvalue weighted by Gasteiger charge is -2.25. The van der Waals surface area contributed by atoms with E-state index in [-0.39, 0.29) is 12.1 Å². The number of unbranched alkanes of at least 4 members (excludes halogenated alkanes) is 10. The summed E-state index contributed by atoms with van der Waals surface area (Å²) in [6.07, 6.45) is 25.4. The first-order valence-electron chi connectivity index (χ1n) is 16.3. The zero-order chi connectivity index (χ0) is 28.4. The normalized spacial score (nSPS) is 17.8. The summed E-state index contributed by atoms with van der Waals surface area (Å²) in [7, 11) is 0. The van der Waals surface area contributed by atoms with Gasteiger partial charge in [-0.15, -0.1) is 0 Å². The number of phenols is 2. The van der Waals surface area contributed by atoms with E-state index in [1.807, 2.05) is 36.7 Å². The van der Waals surface area contributed by atoms with Crippen molar-refractivity contribution in [1.29, 1.82) is 0 Å². The number of hydrogen-bond acceptors (Lipinski definition) is 4. The Morgan fingerprint density at radius 2 is 1.00 bits per heavy atom. The summed E-state index contributed by atoms with van der Waals surface area (Å²) in [5.74, 6) is 0.626. The van der Waals surface area contributed by atoms with Crippen LogP contribution < -0.4 is 0 Å². The Bertz CT molecular complexity index is 1050. The molecule has 1 saturated carbocycles. The molecule has 0 unspecified atom stereocenters. The summed E-state index contributed by atoms with van der Waals surface area (Å²) in [4.78, 5) is 9.75. The van der Waals surface area contributed by atoms with Gasteiger partial charge in [0.15, 0.2) is 0 Å². The summed E-state index contributed by atoms with van der Waals surface area (Å²) >= 11 is 0. The molecule has 0 radical (unpaired) electrons. The summed E-state index contributed by atoms with van der Waals surface area (Å²) in [5.41, 5.74) is 3.94. The summed E-state index contributed by atoms with van der Waals surface area (Å²) in [6.45, 7) is 4.49. The molecule has 2 aromatic carbocycles. The number of nitrogens with zero attached hydrogens (tertiary/aromatic N) is 2. The Labute approximate surface area is 244 Å². The van der Waals surface area contributed by atoms with Crippen LogP contribution in [0.15, 0.2) is 46.4 Å². The molecule has 1 aliphatic rings. The maximum atomic E-state index is 10.6. The SMILES string of the molecule is CCCCCCCCCCc1ccc(C=N[C@H]2CCCC[C@@H]2N=Cc2ccc(CCCCCC)cc2O)c(O)c1. The molecule has 0 heterocycles. The largest absolute Gasteiger partial charge is 0.507 e. The van der Waals surface area contributed by atoms with E-state index in [9.17, 15) is 10.2 Å². The van der Waals surface area contributed by atoms with Crippen molar-refractivity contribution in [2.24, 2.45) is 9.98 Å². The van der Waals surface area contributed by atoms with Crippen LogP contribution >= 0.6 is 0 Å². The minimum Gasteiger partial charge on any atom is -0.507 e. The predicted molar refractivity (Wildman–Crippen MR) is 172 cm³/mol. The fraction of sp³-hybridized carbons (Fsp3) is 0.611. The molecule has 4 heteroatoms. The van der Waals surface area contributed by atoms with E-state index in [0.29, 0.717) is 11.5 Å². The van der Waals surface area contributed by atoms with Gasteiger partial charge in [0.2, 0.25) is 0 Å². The molecular weight excluding hydrogens is 492 g/mol. The van der Waals surface area contributed by atoms with Crippen molar-refractivity contribution < 1.29 is 10.2 Å². The molecule has 0 saturated heterocycles. The Kier molecular flexibility index (Phi) is 14.9. The molecule has 0 bridgehead atoms. The highest BCUT2D eigenvalue weighted by Gasteiger charge is 2.23. The molecule has 3 rings (SSSR count). The quantitative estimate of drug-likeness (QED) is 0.144. The van der Waals surface area contributed by atoms with E-state index in [1.165, 1.54) is 88.2 Å². The van der Waals surface area contributed by atoms with Crippen molar-refractivity contribution >= 4 is 12.4 Å². The maximum absolute atomic E-state index is 10.6. The molecule has 0 aliphatic heterocycles. The Morgan fingerprint density at radius 3 is 1.43 bits per heavy atom. The second-order valence-corrected chi connectivity index (χ2v) is 11.8. The van der Waals surface area contributed by atoms with Crippen molar-refractivity contribution in [2.45, 2.75) is 142 Å². The number of rotatable bonds is 18. The molecule has 1 aliphatic carbocycles. The van der Waals surface area contributed by atoms with Crippen LogP contribution in [0.3, 0.4) is 0 Å². The monoisotopic (exact) mass is 546 g/mol. The van der Waals surface area contributed by atoms with Crippen LogP contribution in [0.25, 0.3) is 0 Å². The second-order valence-electron chi connectivity index (χ2n) is 11.8. The van der Waals surface area contributed by atoms with Gasteiger partial charge in [0.25, 0.3) is 0 Å². The van der Waals surface area contributed by atoms with Crippen LogP contribution in [-0.2, 0) is 12.8 Å². The van der Waals surface area contributed by atoms with E-state index in [0.717, 1.165) is 49.7 Å². The number of aryl methyl sites for hydroxylation is 2. The standard InChI is InChI=1S/C36H54N2O2/c1-3-5-7-9-10-11-12-14-18-30-22-24-32(36(40)26-30)28-38-34-20-16-15-19-33(34)37-27-31-23-21-29(25-35(31)39)17-13-8-6-4-2/h21-28,33-34,39-40H,3-20H2,1-2H3/t33-,34-/m0/s1. The zero-order valence-electron chi connectivity index (χ0n) is 25.3. The van der Waals surface area contributed by atoms with Crippen LogP contribution in [0, 0.1) is 0 Å². The number of phenolic OH excluding ortho intramolecular Hbond substituents is 2. The van der Waals surface area contributed by atoms with Crippen LogP contribution in [0.1, 0.15) is 139 Å². The number of hydrogen-bond donors (Lipinski definition) is 2. The molecule has 2 N–H and O–H groups in total. The van der Waals surface area contributed by atoms with Gasteiger partial charge in [-0.3, -0.25) is 9.98 Å². The third-order valence-corrected chi connectivity index (χ3v) is 8.33. The molecule has 40 heavy (non-hydrogen) atoms. The number of aliphatic imine (C=N–C) groups is 2. The first-order valence-corrected chi connectivity index (χ1v) is 16.3. The zero-order valence-corrected chi connectivity index (χ0v) is 25.3. The molecule has 1 fully saturated rings. The van der Waals surface area contributed by atoms with Gasteiger partial charge in [0.05, 0.1) is 12.1 Å². The lowest BCUT2D eigenvalue weighted by Crippen LogP contribution is -2.27. The summed E-state index contributed by atoms with van der Waals surface area (Å²) in [6, 6.07) is 12.2. The Hall–Kier alpha value is -2.62. The first kappa shape index (κ1) is 31.9. The van der Waals surface area contributed by atoms with Crippen molar-refractivity contribution in [2.75, 3.05) is 0 Å². The lowest BCUT2D eigenvalue weighted by atomic mass is 9.91. The topological polar surface area (TPSA) is 65.2 Å². The van der Waals surface area contributed by atoms with Gasteiger partial charge in [-0.1, -0.05) is 103 Å². The fourth-order valence-corrected chi connectivity index (χ4v) is 5.72. The van der Waals surface area contributed by atoms with Gasteiger partial charge in [-0.05, 0) is 73.9 Å². The molecule has 0 spiro atoms. The average molecular weight is 547 g/mol. The molecule has 0 amide bonds. The van der Waals surface area contributed by atoms with Crippen LogP contribution in [-0.4, -0.2) is 34.7 Å². The van der Waals surface area contributed by atoms with Crippen LogP contribution in [0.2, 0.25) is 0 Å². The van der Waals surface area contributed by atoms with Crippen molar-refractivity contribution in [3.63, 3.8) is 0 Å². The van der Waals surface area contributed by atoms with E-state index >= 15 is 0 Å². The van der Waals surface area contributed by atoms with Gasteiger partial charge < -0.3 is 10.2 Å². The summed E-state index contributed by atoms with van der Waals surface area (Å²) < 4.78 is 0. The third-order valence-electron chi connectivity index (χ3n) is 8.33. The average Bonchev–Trinajstić information content (AvgIpc) is 2.96. The smallest absolute Gasteiger partial charge is 0.124 e. The summed E-state index contributed by atoms with van der Waals surface area (Å²) in [5, 5.41) is 21.2.